The molecule has 0 saturated carbocycles. The van der Waals surface area contributed by atoms with Crippen molar-refractivity contribution in [3.8, 4) is 5.75 Å². The molecule has 0 aliphatic heterocycles. The van der Waals surface area contributed by atoms with Gasteiger partial charge in [0.1, 0.15) is 5.75 Å². The zero-order valence-corrected chi connectivity index (χ0v) is 11.5. The molecule has 0 spiro atoms. The minimum absolute atomic E-state index is 0.292. The van der Waals surface area contributed by atoms with Crippen LogP contribution in [-0.2, 0) is 6.54 Å². The highest BCUT2D eigenvalue weighted by atomic mass is 16.5. The van der Waals surface area contributed by atoms with Crippen molar-refractivity contribution in [2.75, 3.05) is 7.11 Å². The zero-order chi connectivity index (χ0) is 12.7. The fourth-order valence-corrected chi connectivity index (χ4v) is 2.16. The van der Waals surface area contributed by atoms with Crippen LogP contribution >= 0.6 is 0 Å². The van der Waals surface area contributed by atoms with Gasteiger partial charge in [0.25, 0.3) is 0 Å². The monoisotopic (exact) mass is 235 g/mol. The van der Waals surface area contributed by atoms with Crippen molar-refractivity contribution >= 4 is 0 Å². The van der Waals surface area contributed by atoms with E-state index in [1.807, 2.05) is 12.1 Å². The van der Waals surface area contributed by atoms with Gasteiger partial charge in [-0.3, -0.25) is 0 Å². The SMILES string of the molecule is CCC(CC)(CC)NCc1ccc(OC)cc1. The van der Waals surface area contributed by atoms with Gasteiger partial charge in [-0.25, -0.2) is 0 Å². The summed E-state index contributed by atoms with van der Waals surface area (Å²) in [5.74, 6) is 0.918. The third-order valence-electron chi connectivity index (χ3n) is 3.86. The van der Waals surface area contributed by atoms with Crippen LogP contribution in [-0.4, -0.2) is 12.6 Å². The van der Waals surface area contributed by atoms with Gasteiger partial charge in [0.05, 0.1) is 7.11 Å². The Kier molecular flexibility index (Phi) is 5.49. The molecule has 0 fully saturated rings. The second kappa shape index (κ2) is 6.65. The number of ether oxygens (including phenoxy) is 1. The van der Waals surface area contributed by atoms with E-state index < -0.39 is 0 Å². The Balaban J connectivity index is 2.59. The van der Waals surface area contributed by atoms with E-state index in [4.69, 9.17) is 4.74 Å². The van der Waals surface area contributed by atoms with Gasteiger partial charge in [-0.1, -0.05) is 32.9 Å². The van der Waals surface area contributed by atoms with Crippen molar-refractivity contribution in [2.45, 2.75) is 52.1 Å². The first-order valence-electron chi connectivity index (χ1n) is 6.57. The lowest BCUT2D eigenvalue weighted by molar-refractivity contribution is 0.288. The summed E-state index contributed by atoms with van der Waals surface area (Å²) in [5.41, 5.74) is 1.60. The first-order valence-corrected chi connectivity index (χ1v) is 6.57. The molecular formula is C15H25NO. The number of methoxy groups -OCH3 is 1. The predicted molar refractivity (Wildman–Crippen MR) is 73.4 cm³/mol. The molecule has 0 saturated heterocycles. The molecule has 0 aromatic heterocycles. The van der Waals surface area contributed by atoms with Crippen LogP contribution in [0.3, 0.4) is 0 Å². The van der Waals surface area contributed by atoms with Crippen LogP contribution in [0.4, 0.5) is 0 Å². The number of benzene rings is 1. The van der Waals surface area contributed by atoms with E-state index in [1.54, 1.807) is 7.11 Å². The summed E-state index contributed by atoms with van der Waals surface area (Å²) in [6.07, 6.45) is 3.53. The molecule has 0 unspecified atom stereocenters. The summed E-state index contributed by atoms with van der Waals surface area (Å²) in [7, 11) is 1.70. The Morgan fingerprint density at radius 2 is 1.53 bits per heavy atom. The Morgan fingerprint density at radius 3 is 1.94 bits per heavy atom. The molecule has 1 rings (SSSR count). The van der Waals surface area contributed by atoms with Gasteiger partial charge in [0.2, 0.25) is 0 Å². The fraction of sp³-hybridized carbons (Fsp3) is 0.600. The van der Waals surface area contributed by atoms with Gasteiger partial charge in [-0.15, -0.1) is 0 Å². The molecule has 0 aliphatic carbocycles. The van der Waals surface area contributed by atoms with Crippen LogP contribution in [0.2, 0.25) is 0 Å². The second-order valence-corrected chi connectivity index (χ2v) is 4.54. The lowest BCUT2D eigenvalue weighted by Gasteiger charge is -2.32. The molecule has 96 valence electrons. The topological polar surface area (TPSA) is 21.3 Å². The molecule has 0 amide bonds. The molecule has 0 heterocycles. The Labute approximate surface area is 105 Å². The number of hydrogen-bond donors (Lipinski definition) is 1. The van der Waals surface area contributed by atoms with Crippen molar-refractivity contribution < 1.29 is 4.74 Å². The van der Waals surface area contributed by atoms with Crippen molar-refractivity contribution in [1.82, 2.24) is 5.32 Å². The highest BCUT2D eigenvalue weighted by Gasteiger charge is 2.22. The van der Waals surface area contributed by atoms with Crippen LogP contribution < -0.4 is 10.1 Å². The van der Waals surface area contributed by atoms with Crippen LogP contribution in [0.25, 0.3) is 0 Å². The average Bonchev–Trinajstić information content (AvgIpc) is 2.41. The summed E-state index contributed by atoms with van der Waals surface area (Å²) in [6, 6.07) is 8.28. The van der Waals surface area contributed by atoms with Gasteiger partial charge in [0.15, 0.2) is 0 Å². The highest BCUT2D eigenvalue weighted by Crippen LogP contribution is 2.20. The number of rotatable bonds is 7. The Hall–Kier alpha value is -1.02. The lowest BCUT2D eigenvalue weighted by atomic mass is 9.89. The number of nitrogens with one attached hydrogen (secondary N) is 1. The van der Waals surface area contributed by atoms with Crippen molar-refractivity contribution in [3.05, 3.63) is 29.8 Å². The zero-order valence-electron chi connectivity index (χ0n) is 11.5. The highest BCUT2D eigenvalue weighted by molar-refractivity contribution is 5.27. The maximum atomic E-state index is 5.16. The molecule has 0 atom stereocenters. The molecule has 1 aromatic rings. The summed E-state index contributed by atoms with van der Waals surface area (Å²) < 4.78 is 5.16. The average molecular weight is 235 g/mol. The van der Waals surface area contributed by atoms with Crippen LogP contribution in [0.15, 0.2) is 24.3 Å². The molecule has 2 nitrogen and oxygen atoms in total. The van der Waals surface area contributed by atoms with Gasteiger partial charge in [-0.2, -0.15) is 0 Å². The second-order valence-electron chi connectivity index (χ2n) is 4.54. The maximum Gasteiger partial charge on any atom is 0.118 e. The molecule has 1 aromatic carbocycles. The molecule has 0 bridgehead atoms. The van der Waals surface area contributed by atoms with Gasteiger partial charge < -0.3 is 10.1 Å². The van der Waals surface area contributed by atoms with Crippen molar-refractivity contribution in [2.24, 2.45) is 0 Å². The summed E-state index contributed by atoms with van der Waals surface area (Å²) in [4.78, 5) is 0. The van der Waals surface area contributed by atoms with E-state index in [0.29, 0.717) is 5.54 Å². The minimum atomic E-state index is 0.292. The fourth-order valence-electron chi connectivity index (χ4n) is 2.16. The predicted octanol–water partition coefficient (Wildman–Crippen LogP) is 3.75. The first kappa shape index (κ1) is 14.0. The van der Waals surface area contributed by atoms with E-state index in [-0.39, 0.29) is 0 Å². The van der Waals surface area contributed by atoms with E-state index in [2.05, 4.69) is 38.2 Å². The summed E-state index contributed by atoms with van der Waals surface area (Å²) in [6.45, 7) is 7.70. The maximum absolute atomic E-state index is 5.16. The van der Waals surface area contributed by atoms with Crippen LogP contribution in [0, 0.1) is 0 Å². The van der Waals surface area contributed by atoms with E-state index in [0.717, 1.165) is 12.3 Å². The van der Waals surface area contributed by atoms with E-state index in [9.17, 15) is 0 Å². The summed E-state index contributed by atoms with van der Waals surface area (Å²) >= 11 is 0. The van der Waals surface area contributed by atoms with Crippen molar-refractivity contribution in [1.29, 1.82) is 0 Å². The largest absolute Gasteiger partial charge is 0.497 e. The Morgan fingerprint density at radius 1 is 1.00 bits per heavy atom. The quantitative estimate of drug-likeness (QED) is 0.777. The molecule has 1 N–H and O–H groups in total. The van der Waals surface area contributed by atoms with Crippen LogP contribution in [0.1, 0.15) is 45.6 Å². The lowest BCUT2D eigenvalue weighted by Crippen LogP contribution is -2.43. The molecular weight excluding hydrogens is 210 g/mol. The molecule has 2 heteroatoms. The third kappa shape index (κ3) is 3.74. The summed E-state index contributed by atoms with van der Waals surface area (Å²) in [5, 5.41) is 3.70. The van der Waals surface area contributed by atoms with Gasteiger partial charge in [0, 0.05) is 12.1 Å². The van der Waals surface area contributed by atoms with Gasteiger partial charge >= 0.3 is 0 Å². The van der Waals surface area contributed by atoms with Gasteiger partial charge in [-0.05, 0) is 37.0 Å². The van der Waals surface area contributed by atoms with E-state index >= 15 is 0 Å². The molecule has 0 aliphatic rings. The molecule has 17 heavy (non-hydrogen) atoms. The Bertz CT molecular complexity index is 306. The third-order valence-corrected chi connectivity index (χ3v) is 3.86. The minimum Gasteiger partial charge on any atom is -0.497 e. The van der Waals surface area contributed by atoms with Crippen LogP contribution in [0.5, 0.6) is 5.75 Å². The van der Waals surface area contributed by atoms with Crippen molar-refractivity contribution in [3.63, 3.8) is 0 Å². The molecule has 0 radical (unpaired) electrons. The smallest absolute Gasteiger partial charge is 0.118 e. The first-order chi connectivity index (χ1) is 8.19. The number of hydrogen-bond acceptors (Lipinski definition) is 2. The standard InChI is InChI=1S/C15H25NO/c1-5-15(6-2,7-3)16-12-13-8-10-14(17-4)11-9-13/h8-11,16H,5-7,12H2,1-4H3. The normalized spacial score (nSPS) is 11.5. The van der Waals surface area contributed by atoms with E-state index in [1.165, 1.54) is 24.8 Å².